The van der Waals surface area contributed by atoms with Gasteiger partial charge in [-0.2, -0.15) is 11.8 Å². The third-order valence-corrected chi connectivity index (χ3v) is 2.87. The molecule has 1 atom stereocenters. The van der Waals surface area contributed by atoms with E-state index in [0.29, 0.717) is 0 Å². The Labute approximate surface area is 66.7 Å². The molecule has 1 N–H and O–H groups in total. The minimum atomic E-state index is 0.764. The van der Waals surface area contributed by atoms with Gasteiger partial charge in [-0.1, -0.05) is 0 Å². The van der Waals surface area contributed by atoms with Gasteiger partial charge >= 0.3 is 0 Å². The Hall–Kier alpha value is 0.270. The third kappa shape index (κ3) is 2.90. The van der Waals surface area contributed by atoms with Crippen molar-refractivity contribution in [3.8, 4) is 0 Å². The topological polar surface area (TPSA) is 21.3 Å². The quantitative estimate of drug-likeness (QED) is 0.496. The molecule has 1 aliphatic heterocycles. The van der Waals surface area contributed by atoms with E-state index >= 15 is 0 Å². The van der Waals surface area contributed by atoms with E-state index in [1.54, 1.807) is 0 Å². The molecule has 1 saturated heterocycles. The fourth-order valence-corrected chi connectivity index (χ4v) is 2.31. The number of thioether (sulfide) groups is 1. The Balaban J connectivity index is 1.91. The maximum atomic E-state index is 5.04. The third-order valence-electron chi connectivity index (χ3n) is 1.64. The lowest BCUT2D eigenvalue weighted by molar-refractivity contribution is 0.0436. The Bertz CT molecular complexity index is 83.7. The summed E-state index contributed by atoms with van der Waals surface area (Å²) in [5.41, 5.74) is 2.96. The first kappa shape index (κ1) is 8.37. The van der Waals surface area contributed by atoms with E-state index < -0.39 is 0 Å². The molecular formula is C7H15NOS. The SMILES string of the molecule is CCONCC1CCSC1. The molecule has 1 unspecified atom stereocenters. The summed E-state index contributed by atoms with van der Waals surface area (Å²) >= 11 is 2.04. The van der Waals surface area contributed by atoms with E-state index in [-0.39, 0.29) is 0 Å². The van der Waals surface area contributed by atoms with Crippen LogP contribution in [0.1, 0.15) is 13.3 Å². The molecule has 1 fully saturated rings. The van der Waals surface area contributed by atoms with Crippen LogP contribution in [0.25, 0.3) is 0 Å². The van der Waals surface area contributed by atoms with Crippen molar-refractivity contribution in [3.05, 3.63) is 0 Å². The second-order valence-electron chi connectivity index (χ2n) is 2.51. The van der Waals surface area contributed by atoms with E-state index in [0.717, 1.165) is 19.1 Å². The number of hydroxylamine groups is 1. The molecule has 10 heavy (non-hydrogen) atoms. The largest absolute Gasteiger partial charge is 0.302 e. The standard InChI is InChI=1S/C7H15NOS/c1-2-9-8-5-7-3-4-10-6-7/h7-8H,2-6H2,1H3. The summed E-state index contributed by atoms with van der Waals surface area (Å²) in [5.74, 6) is 3.48. The van der Waals surface area contributed by atoms with Crippen LogP contribution in [0.5, 0.6) is 0 Å². The van der Waals surface area contributed by atoms with Gasteiger partial charge in [-0.3, -0.25) is 0 Å². The normalized spacial score (nSPS) is 25.5. The van der Waals surface area contributed by atoms with Gasteiger partial charge in [0.05, 0.1) is 6.61 Å². The Kier molecular flexibility index (Phi) is 4.18. The molecule has 0 aromatic carbocycles. The highest BCUT2D eigenvalue weighted by Gasteiger charge is 2.14. The summed E-state index contributed by atoms with van der Waals surface area (Å²) in [6, 6.07) is 0. The summed E-state index contributed by atoms with van der Waals surface area (Å²) in [6.07, 6.45) is 1.35. The molecule has 0 aromatic heterocycles. The summed E-state index contributed by atoms with van der Waals surface area (Å²) in [4.78, 5) is 5.04. The molecule has 0 aromatic rings. The van der Waals surface area contributed by atoms with Gasteiger partial charge in [0.2, 0.25) is 0 Å². The molecule has 0 saturated carbocycles. The lowest BCUT2D eigenvalue weighted by Crippen LogP contribution is -2.22. The van der Waals surface area contributed by atoms with Gasteiger partial charge in [-0.15, -0.1) is 0 Å². The minimum Gasteiger partial charge on any atom is -0.302 e. The number of nitrogens with one attached hydrogen (secondary N) is 1. The van der Waals surface area contributed by atoms with Crippen LogP contribution in [0, 0.1) is 5.92 Å². The molecule has 3 heteroatoms. The average molecular weight is 161 g/mol. The smallest absolute Gasteiger partial charge is 0.0653 e. The molecule has 1 heterocycles. The highest BCUT2D eigenvalue weighted by molar-refractivity contribution is 7.99. The van der Waals surface area contributed by atoms with Crippen LogP contribution >= 0.6 is 11.8 Å². The van der Waals surface area contributed by atoms with Crippen molar-refractivity contribution in [2.45, 2.75) is 13.3 Å². The molecule has 1 aliphatic rings. The first-order chi connectivity index (χ1) is 4.93. The molecule has 0 amide bonds. The summed E-state index contributed by atoms with van der Waals surface area (Å²) < 4.78 is 0. The van der Waals surface area contributed by atoms with Gasteiger partial charge in [0.15, 0.2) is 0 Å². The molecular weight excluding hydrogens is 146 g/mol. The predicted molar refractivity (Wildman–Crippen MR) is 45.1 cm³/mol. The number of hydrogen-bond acceptors (Lipinski definition) is 3. The zero-order chi connectivity index (χ0) is 7.23. The average Bonchev–Trinajstić information content (AvgIpc) is 2.41. The molecule has 0 spiro atoms. The Morgan fingerprint density at radius 2 is 2.60 bits per heavy atom. The van der Waals surface area contributed by atoms with E-state index in [4.69, 9.17) is 4.84 Å². The predicted octanol–water partition coefficient (Wildman–Crippen LogP) is 1.28. The van der Waals surface area contributed by atoms with E-state index in [2.05, 4.69) is 5.48 Å². The summed E-state index contributed by atoms with van der Waals surface area (Å²) in [6.45, 7) is 3.79. The molecule has 1 rings (SSSR count). The van der Waals surface area contributed by atoms with Crippen LogP contribution in [0.15, 0.2) is 0 Å². The van der Waals surface area contributed by atoms with E-state index in [1.165, 1.54) is 17.9 Å². The maximum absolute atomic E-state index is 5.04. The molecule has 0 bridgehead atoms. The van der Waals surface area contributed by atoms with E-state index in [9.17, 15) is 0 Å². The summed E-state index contributed by atoms with van der Waals surface area (Å²) in [7, 11) is 0. The number of hydrogen-bond donors (Lipinski definition) is 1. The van der Waals surface area contributed by atoms with Gasteiger partial charge in [0, 0.05) is 6.54 Å². The van der Waals surface area contributed by atoms with E-state index in [1.807, 2.05) is 18.7 Å². The first-order valence-corrected chi connectivity index (χ1v) is 5.01. The lowest BCUT2D eigenvalue weighted by Gasteiger charge is -2.07. The van der Waals surface area contributed by atoms with Crippen LogP contribution in [0.2, 0.25) is 0 Å². The van der Waals surface area contributed by atoms with Crippen molar-refractivity contribution in [1.82, 2.24) is 5.48 Å². The second kappa shape index (κ2) is 4.99. The number of rotatable bonds is 4. The van der Waals surface area contributed by atoms with Crippen molar-refractivity contribution in [3.63, 3.8) is 0 Å². The maximum Gasteiger partial charge on any atom is 0.0653 e. The van der Waals surface area contributed by atoms with Crippen LogP contribution in [-0.4, -0.2) is 24.7 Å². The van der Waals surface area contributed by atoms with Gasteiger partial charge in [-0.05, 0) is 30.8 Å². The van der Waals surface area contributed by atoms with Crippen molar-refractivity contribution in [2.75, 3.05) is 24.7 Å². The van der Waals surface area contributed by atoms with Crippen LogP contribution in [-0.2, 0) is 4.84 Å². The van der Waals surface area contributed by atoms with Gasteiger partial charge in [0.25, 0.3) is 0 Å². The summed E-state index contributed by atoms with van der Waals surface area (Å²) in [5, 5.41) is 0. The molecule has 0 radical (unpaired) electrons. The van der Waals surface area contributed by atoms with Crippen molar-refractivity contribution in [2.24, 2.45) is 5.92 Å². The van der Waals surface area contributed by atoms with Crippen LogP contribution in [0.4, 0.5) is 0 Å². The highest BCUT2D eigenvalue weighted by atomic mass is 32.2. The highest BCUT2D eigenvalue weighted by Crippen LogP contribution is 2.22. The second-order valence-corrected chi connectivity index (χ2v) is 3.66. The fraction of sp³-hybridized carbons (Fsp3) is 1.00. The van der Waals surface area contributed by atoms with Gasteiger partial charge in [-0.25, -0.2) is 5.48 Å². The first-order valence-electron chi connectivity index (χ1n) is 3.86. The Morgan fingerprint density at radius 1 is 1.70 bits per heavy atom. The molecule has 0 aliphatic carbocycles. The van der Waals surface area contributed by atoms with Gasteiger partial charge in [0.1, 0.15) is 0 Å². The van der Waals surface area contributed by atoms with Crippen LogP contribution < -0.4 is 5.48 Å². The zero-order valence-electron chi connectivity index (χ0n) is 6.43. The molecule has 60 valence electrons. The zero-order valence-corrected chi connectivity index (χ0v) is 7.25. The molecule has 2 nitrogen and oxygen atoms in total. The van der Waals surface area contributed by atoms with Gasteiger partial charge < -0.3 is 4.84 Å². The van der Waals surface area contributed by atoms with Crippen molar-refractivity contribution >= 4 is 11.8 Å². The lowest BCUT2D eigenvalue weighted by atomic mass is 10.1. The van der Waals surface area contributed by atoms with Crippen molar-refractivity contribution in [1.29, 1.82) is 0 Å². The minimum absolute atomic E-state index is 0.764. The fourth-order valence-electron chi connectivity index (χ4n) is 1.02. The van der Waals surface area contributed by atoms with Crippen molar-refractivity contribution < 1.29 is 4.84 Å². The monoisotopic (exact) mass is 161 g/mol. The van der Waals surface area contributed by atoms with Crippen LogP contribution in [0.3, 0.4) is 0 Å². The Morgan fingerprint density at radius 3 is 3.20 bits per heavy atom.